The van der Waals surface area contributed by atoms with Gasteiger partial charge in [0.05, 0.1) is 0 Å². The van der Waals surface area contributed by atoms with E-state index in [2.05, 4.69) is 44.9 Å². The minimum Gasteiger partial charge on any atom is -0.281 e. The van der Waals surface area contributed by atoms with E-state index in [0.29, 0.717) is 0 Å². The Morgan fingerprint density at radius 2 is 1.92 bits per heavy atom. The highest BCUT2D eigenvalue weighted by Crippen LogP contribution is 2.25. The van der Waals surface area contributed by atoms with Gasteiger partial charge in [-0.3, -0.25) is 5.10 Å². The smallest absolute Gasteiger partial charge is 0.131 e. The molecule has 0 aliphatic heterocycles. The van der Waals surface area contributed by atoms with Crippen LogP contribution in [0.2, 0.25) is 0 Å². The number of H-pyrrole nitrogens is 1. The maximum Gasteiger partial charge on any atom is 0.131 e. The molecule has 13 heavy (non-hydrogen) atoms. The summed E-state index contributed by atoms with van der Waals surface area (Å²) >= 11 is 2.24. The molecule has 2 rings (SSSR count). The summed E-state index contributed by atoms with van der Waals surface area (Å²) in [5, 5.41) is 7.13. The summed E-state index contributed by atoms with van der Waals surface area (Å²) in [5.41, 5.74) is 3.55. The second-order valence-electron chi connectivity index (χ2n) is 2.88. The van der Waals surface area contributed by atoms with Gasteiger partial charge in [0, 0.05) is 11.3 Å². The van der Waals surface area contributed by atoms with Crippen molar-refractivity contribution in [3.63, 3.8) is 0 Å². The van der Waals surface area contributed by atoms with Crippen LogP contribution in [-0.4, -0.2) is 10.2 Å². The molecule has 0 atom stereocenters. The lowest BCUT2D eigenvalue weighted by Crippen LogP contribution is -1.80. The number of nitrogens with zero attached hydrogens (tertiary/aromatic N) is 1. The van der Waals surface area contributed by atoms with Gasteiger partial charge >= 0.3 is 0 Å². The number of aryl methyl sites for hydroxylation is 1. The number of aromatic nitrogens is 2. The van der Waals surface area contributed by atoms with Gasteiger partial charge in [-0.2, -0.15) is 5.10 Å². The molecule has 0 aliphatic carbocycles. The lowest BCUT2D eigenvalue weighted by molar-refractivity contribution is 1.03. The highest BCUT2D eigenvalue weighted by molar-refractivity contribution is 14.1. The van der Waals surface area contributed by atoms with Crippen LogP contribution in [0, 0.1) is 10.6 Å². The number of halogens is 1. The number of nitrogens with one attached hydrogen (secondary N) is 1. The summed E-state index contributed by atoms with van der Waals surface area (Å²) in [6, 6.07) is 10.3. The predicted octanol–water partition coefficient (Wildman–Crippen LogP) is 2.99. The molecule has 0 fully saturated rings. The Labute approximate surface area is 90.5 Å². The van der Waals surface area contributed by atoms with Crippen LogP contribution in [0.5, 0.6) is 0 Å². The van der Waals surface area contributed by atoms with Gasteiger partial charge in [-0.05, 0) is 35.1 Å². The van der Waals surface area contributed by atoms with Gasteiger partial charge < -0.3 is 0 Å². The van der Waals surface area contributed by atoms with Crippen molar-refractivity contribution in [2.45, 2.75) is 6.92 Å². The average molecular weight is 284 g/mol. The van der Waals surface area contributed by atoms with Crippen LogP contribution in [0.1, 0.15) is 5.69 Å². The Morgan fingerprint density at radius 1 is 1.23 bits per heavy atom. The van der Waals surface area contributed by atoms with Crippen LogP contribution in [0.15, 0.2) is 30.3 Å². The van der Waals surface area contributed by atoms with E-state index in [1.165, 1.54) is 11.1 Å². The molecule has 0 amide bonds. The summed E-state index contributed by atoms with van der Waals surface area (Å²) in [4.78, 5) is 0. The molecule has 0 spiro atoms. The van der Waals surface area contributed by atoms with Crippen molar-refractivity contribution in [2.75, 3.05) is 0 Å². The van der Waals surface area contributed by atoms with E-state index < -0.39 is 0 Å². The molecule has 0 saturated heterocycles. The highest BCUT2D eigenvalue weighted by atomic mass is 127. The van der Waals surface area contributed by atoms with Crippen molar-refractivity contribution in [1.29, 1.82) is 0 Å². The molecule has 2 nitrogen and oxygen atoms in total. The fourth-order valence-electron chi connectivity index (χ4n) is 1.34. The quantitative estimate of drug-likeness (QED) is 0.801. The zero-order chi connectivity index (χ0) is 9.26. The van der Waals surface area contributed by atoms with Crippen LogP contribution >= 0.6 is 22.6 Å². The molecule has 1 aromatic carbocycles. The zero-order valence-corrected chi connectivity index (χ0v) is 9.37. The van der Waals surface area contributed by atoms with E-state index in [9.17, 15) is 0 Å². The number of hydrogen-bond acceptors (Lipinski definition) is 1. The van der Waals surface area contributed by atoms with Gasteiger partial charge in [-0.1, -0.05) is 30.3 Å². The topological polar surface area (TPSA) is 28.7 Å². The predicted molar refractivity (Wildman–Crippen MR) is 61.5 cm³/mol. The number of rotatable bonds is 1. The zero-order valence-electron chi connectivity index (χ0n) is 7.21. The van der Waals surface area contributed by atoms with E-state index in [1.807, 2.05) is 25.1 Å². The van der Waals surface area contributed by atoms with E-state index >= 15 is 0 Å². The number of benzene rings is 1. The maximum absolute atomic E-state index is 4.15. The third kappa shape index (κ3) is 1.60. The molecule has 1 aromatic heterocycles. The van der Waals surface area contributed by atoms with Crippen LogP contribution in [0.3, 0.4) is 0 Å². The molecule has 1 heterocycles. The summed E-state index contributed by atoms with van der Waals surface area (Å²) in [7, 11) is 0. The van der Waals surface area contributed by atoms with Crippen LogP contribution in [0.25, 0.3) is 11.1 Å². The summed E-state index contributed by atoms with van der Waals surface area (Å²) in [5.74, 6) is 0. The van der Waals surface area contributed by atoms with Crippen LogP contribution in [-0.2, 0) is 0 Å². The number of hydrogen-bond donors (Lipinski definition) is 1. The van der Waals surface area contributed by atoms with Crippen molar-refractivity contribution >= 4 is 22.6 Å². The SMILES string of the molecule is Cc1[nH]nc(I)c1-c1ccccc1. The highest BCUT2D eigenvalue weighted by Gasteiger charge is 2.08. The van der Waals surface area contributed by atoms with Crippen LogP contribution in [0.4, 0.5) is 0 Å². The van der Waals surface area contributed by atoms with Crippen LogP contribution < -0.4 is 0 Å². The van der Waals surface area contributed by atoms with E-state index in [1.54, 1.807) is 0 Å². The molecule has 3 heteroatoms. The molecule has 0 aliphatic rings. The van der Waals surface area contributed by atoms with Crippen molar-refractivity contribution < 1.29 is 0 Å². The molecule has 0 saturated carbocycles. The van der Waals surface area contributed by atoms with E-state index in [4.69, 9.17) is 0 Å². The third-order valence-electron chi connectivity index (χ3n) is 1.97. The molecular weight excluding hydrogens is 275 g/mol. The second-order valence-corrected chi connectivity index (χ2v) is 3.90. The van der Waals surface area contributed by atoms with Gasteiger partial charge in [0.25, 0.3) is 0 Å². The van der Waals surface area contributed by atoms with Gasteiger partial charge in [-0.15, -0.1) is 0 Å². The second kappa shape index (κ2) is 3.49. The summed E-state index contributed by atoms with van der Waals surface area (Å²) in [6.45, 7) is 2.04. The molecule has 0 unspecified atom stereocenters. The van der Waals surface area contributed by atoms with Gasteiger partial charge in [0.1, 0.15) is 3.70 Å². The Hall–Kier alpha value is -0.840. The third-order valence-corrected chi connectivity index (χ3v) is 2.75. The van der Waals surface area contributed by atoms with Gasteiger partial charge in [-0.25, -0.2) is 0 Å². The maximum atomic E-state index is 4.15. The lowest BCUT2D eigenvalue weighted by atomic mass is 10.1. The van der Waals surface area contributed by atoms with Crippen molar-refractivity contribution in [2.24, 2.45) is 0 Å². The first-order valence-corrected chi connectivity index (χ1v) is 5.13. The Balaban J connectivity index is 2.59. The summed E-state index contributed by atoms with van der Waals surface area (Å²) in [6.07, 6.45) is 0. The van der Waals surface area contributed by atoms with Gasteiger partial charge in [0.2, 0.25) is 0 Å². The molecule has 0 bridgehead atoms. The minimum absolute atomic E-state index is 1.03. The Kier molecular flexibility index (Phi) is 2.35. The van der Waals surface area contributed by atoms with Crippen molar-refractivity contribution in [3.8, 4) is 11.1 Å². The lowest BCUT2D eigenvalue weighted by Gasteiger charge is -1.98. The molecular formula is C10H9IN2. The van der Waals surface area contributed by atoms with E-state index in [-0.39, 0.29) is 0 Å². The van der Waals surface area contributed by atoms with Crippen molar-refractivity contribution in [3.05, 3.63) is 39.7 Å². The minimum atomic E-state index is 1.03. The normalized spacial score (nSPS) is 10.3. The first kappa shape index (κ1) is 8.74. The monoisotopic (exact) mass is 284 g/mol. The fourth-order valence-corrected chi connectivity index (χ4v) is 2.18. The molecule has 66 valence electrons. The van der Waals surface area contributed by atoms with Gasteiger partial charge in [0.15, 0.2) is 0 Å². The van der Waals surface area contributed by atoms with Crippen molar-refractivity contribution in [1.82, 2.24) is 10.2 Å². The average Bonchev–Trinajstić information content (AvgIpc) is 2.48. The molecule has 0 radical (unpaired) electrons. The largest absolute Gasteiger partial charge is 0.281 e. The van der Waals surface area contributed by atoms with E-state index in [0.717, 1.165) is 9.39 Å². The first-order chi connectivity index (χ1) is 6.29. The fraction of sp³-hybridized carbons (Fsp3) is 0.100. The standard InChI is InChI=1S/C10H9IN2/c1-7-9(10(11)13-12-7)8-5-3-2-4-6-8/h2-6H,1H3,(H,12,13). The summed E-state index contributed by atoms with van der Waals surface area (Å²) < 4.78 is 1.03. The molecule has 1 N–H and O–H groups in total. The Bertz CT molecular complexity index is 387. The Morgan fingerprint density at radius 3 is 2.46 bits per heavy atom. The first-order valence-electron chi connectivity index (χ1n) is 4.05. The number of aromatic amines is 1. The molecule has 2 aromatic rings.